The summed E-state index contributed by atoms with van der Waals surface area (Å²) in [6.45, 7) is 4.33. The summed E-state index contributed by atoms with van der Waals surface area (Å²) in [6.07, 6.45) is 2.50. The number of ether oxygens (including phenoxy) is 2. The first-order chi connectivity index (χ1) is 11.6. The van der Waals surface area contributed by atoms with Crippen LogP contribution < -0.4 is 14.8 Å². The molecule has 0 spiro atoms. The SMILES string of the molecule is CCN1CCC[C@H]1CNC(=O)c1cc(CCF)cc(OC)c1OC. The fraction of sp³-hybridized carbons (Fsp3) is 0.611. The molecule has 0 saturated carbocycles. The number of carbonyl (C=O) groups is 1. The Hall–Kier alpha value is -1.82. The molecule has 1 aliphatic rings. The Bertz CT molecular complexity index is 565. The van der Waals surface area contributed by atoms with Crippen molar-refractivity contribution in [1.29, 1.82) is 0 Å². The van der Waals surface area contributed by atoms with Crippen molar-refractivity contribution in [3.05, 3.63) is 23.3 Å². The molecule has 1 aromatic rings. The van der Waals surface area contributed by atoms with Crippen molar-refractivity contribution in [2.24, 2.45) is 0 Å². The number of methoxy groups -OCH3 is 2. The number of likely N-dealkylation sites (N-methyl/N-ethyl adjacent to an activating group) is 1. The van der Waals surface area contributed by atoms with Gasteiger partial charge >= 0.3 is 0 Å². The third kappa shape index (κ3) is 4.17. The lowest BCUT2D eigenvalue weighted by atomic mass is 10.1. The van der Waals surface area contributed by atoms with Gasteiger partial charge < -0.3 is 14.8 Å². The standard InChI is InChI=1S/C18H27FN2O3/c1-4-21-9-5-6-14(21)12-20-18(22)15-10-13(7-8-19)11-16(23-2)17(15)24-3/h10-11,14H,4-9,12H2,1-3H3,(H,20,22)/t14-/m0/s1. The molecule has 0 aromatic heterocycles. The van der Waals surface area contributed by atoms with E-state index in [0.29, 0.717) is 29.6 Å². The molecule has 1 aliphatic heterocycles. The summed E-state index contributed by atoms with van der Waals surface area (Å²) in [7, 11) is 3.01. The van der Waals surface area contributed by atoms with Crippen LogP contribution in [0, 0.1) is 0 Å². The zero-order valence-corrected chi connectivity index (χ0v) is 14.7. The predicted octanol–water partition coefficient (Wildman–Crippen LogP) is 2.43. The molecule has 5 nitrogen and oxygen atoms in total. The Morgan fingerprint density at radius 3 is 2.79 bits per heavy atom. The molecule has 134 valence electrons. The number of nitrogens with zero attached hydrogens (tertiary/aromatic N) is 1. The zero-order valence-electron chi connectivity index (χ0n) is 14.7. The van der Waals surface area contributed by atoms with Crippen LogP contribution in [0.15, 0.2) is 12.1 Å². The molecule has 1 atom stereocenters. The van der Waals surface area contributed by atoms with E-state index in [1.54, 1.807) is 12.1 Å². The van der Waals surface area contributed by atoms with Gasteiger partial charge in [-0.1, -0.05) is 6.92 Å². The quantitative estimate of drug-likeness (QED) is 0.791. The molecule has 0 unspecified atom stereocenters. The van der Waals surface area contributed by atoms with Crippen LogP contribution in [0.3, 0.4) is 0 Å². The number of alkyl halides is 1. The highest BCUT2D eigenvalue weighted by atomic mass is 19.1. The normalized spacial score (nSPS) is 17.8. The maximum atomic E-state index is 12.7. The van der Waals surface area contributed by atoms with E-state index in [-0.39, 0.29) is 12.3 Å². The maximum Gasteiger partial charge on any atom is 0.255 e. The van der Waals surface area contributed by atoms with Gasteiger partial charge in [0, 0.05) is 19.0 Å². The molecule has 6 heteroatoms. The highest BCUT2D eigenvalue weighted by Gasteiger charge is 2.24. The molecule has 1 fully saturated rings. The highest BCUT2D eigenvalue weighted by molar-refractivity contribution is 5.98. The Morgan fingerprint density at radius 1 is 1.38 bits per heavy atom. The number of nitrogens with one attached hydrogen (secondary N) is 1. The van der Waals surface area contributed by atoms with E-state index in [4.69, 9.17) is 9.47 Å². The van der Waals surface area contributed by atoms with E-state index >= 15 is 0 Å². The molecule has 0 radical (unpaired) electrons. The van der Waals surface area contributed by atoms with Crippen LogP contribution in [-0.2, 0) is 6.42 Å². The van der Waals surface area contributed by atoms with Gasteiger partial charge in [-0.25, -0.2) is 0 Å². The van der Waals surface area contributed by atoms with Crippen LogP contribution in [-0.4, -0.2) is 57.4 Å². The van der Waals surface area contributed by atoms with Gasteiger partial charge in [0.05, 0.1) is 26.5 Å². The van der Waals surface area contributed by atoms with Gasteiger partial charge in [0.25, 0.3) is 5.91 Å². The molecule has 24 heavy (non-hydrogen) atoms. The Labute approximate surface area is 143 Å². The number of halogens is 1. The van der Waals surface area contributed by atoms with E-state index in [2.05, 4.69) is 17.1 Å². The van der Waals surface area contributed by atoms with Crippen molar-refractivity contribution < 1.29 is 18.7 Å². The molecule has 2 rings (SSSR count). The number of benzene rings is 1. The second-order valence-corrected chi connectivity index (χ2v) is 5.95. The van der Waals surface area contributed by atoms with Crippen LogP contribution in [0.25, 0.3) is 0 Å². The van der Waals surface area contributed by atoms with Crippen molar-refractivity contribution in [1.82, 2.24) is 10.2 Å². The number of rotatable bonds is 8. The van der Waals surface area contributed by atoms with Gasteiger partial charge in [0.15, 0.2) is 11.5 Å². The van der Waals surface area contributed by atoms with E-state index in [9.17, 15) is 9.18 Å². The average Bonchev–Trinajstić information content (AvgIpc) is 3.06. The number of hydrogen-bond acceptors (Lipinski definition) is 4. The third-order valence-corrected chi connectivity index (χ3v) is 4.57. The summed E-state index contributed by atoms with van der Waals surface area (Å²) in [5.74, 6) is 0.620. The molecule has 1 N–H and O–H groups in total. The molecule has 1 amide bonds. The first kappa shape index (κ1) is 18.5. The molecule has 1 aromatic carbocycles. The summed E-state index contributed by atoms with van der Waals surface area (Å²) in [6, 6.07) is 3.77. The highest BCUT2D eigenvalue weighted by Crippen LogP contribution is 2.33. The molecule has 1 saturated heterocycles. The Morgan fingerprint density at radius 2 is 2.17 bits per heavy atom. The van der Waals surface area contributed by atoms with Gasteiger partial charge in [0.1, 0.15) is 0 Å². The number of aryl methyl sites for hydroxylation is 1. The number of hydrogen-bond donors (Lipinski definition) is 1. The number of likely N-dealkylation sites (tertiary alicyclic amines) is 1. The summed E-state index contributed by atoms with van der Waals surface area (Å²) in [5.41, 5.74) is 1.11. The zero-order chi connectivity index (χ0) is 17.5. The molecule has 0 aliphatic carbocycles. The van der Waals surface area contributed by atoms with E-state index in [0.717, 1.165) is 31.5 Å². The van der Waals surface area contributed by atoms with E-state index in [1.807, 2.05) is 0 Å². The van der Waals surface area contributed by atoms with Crippen molar-refractivity contribution >= 4 is 5.91 Å². The van der Waals surface area contributed by atoms with Gasteiger partial charge in [-0.2, -0.15) is 0 Å². The van der Waals surface area contributed by atoms with Gasteiger partial charge in [-0.3, -0.25) is 14.1 Å². The van der Waals surface area contributed by atoms with Gasteiger partial charge in [-0.05, 0) is 43.6 Å². The Balaban J connectivity index is 2.16. The van der Waals surface area contributed by atoms with E-state index < -0.39 is 6.67 Å². The largest absolute Gasteiger partial charge is 0.493 e. The lowest BCUT2D eigenvalue weighted by Crippen LogP contribution is -2.40. The maximum absolute atomic E-state index is 12.7. The van der Waals surface area contributed by atoms with Crippen LogP contribution in [0.4, 0.5) is 4.39 Å². The fourth-order valence-electron chi connectivity index (χ4n) is 3.29. The lowest BCUT2D eigenvalue weighted by Gasteiger charge is -2.23. The number of carbonyl (C=O) groups excluding carboxylic acids is 1. The molecular weight excluding hydrogens is 311 g/mol. The predicted molar refractivity (Wildman–Crippen MR) is 91.8 cm³/mol. The van der Waals surface area contributed by atoms with Crippen LogP contribution >= 0.6 is 0 Å². The first-order valence-electron chi connectivity index (χ1n) is 8.47. The topological polar surface area (TPSA) is 50.8 Å². The summed E-state index contributed by atoms with van der Waals surface area (Å²) in [5, 5.41) is 2.99. The molecule has 0 bridgehead atoms. The van der Waals surface area contributed by atoms with Crippen LogP contribution in [0.1, 0.15) is 35.7 Å². The summed E-state index contributed by atoms with van der Waals surface area (Å²) in [4.78, 5) is 15.0. The van der Waals surface area contributed by atoms with Crippen LogP contribution in [0.2, 0.25) is 0 Å². The Kier molecular flexibility index (Phi) is 6.85. The van der Waals surface area contributed by atoms with Crippen molar-refractivity contribution in [2.75, 3.05) is 40.5 Å². The van der Waals surface area contributed by atoms with Crippen LogP contribution in [0.5, 0.6) is 11.5 Å². The fourth-order valence-corrected chi connectivity index (χ4v) is 3.29. The monoisotopic (exact) mass is 338 g/mol. The van der Waals surface area contributed by atoms with Gasteiger partial charge in [0.2, 0.25) is 0 Å². The minimum absolute atomic E-state index is 0.214. The van der Waals surface area contributed by atoms with E-state index in [1.165, 1.54) is 14.2 Å². The van der Waals surface area contributed by atoms with Gasteiger partial charge in [-0.15, -0.1) is 0 Å². The minimum atomic E-state index is -0.482. The second kappa shape index (κ2) is 8.87. The van der Waals surface area contributed by atoms with Crippen molar-refractivity contribution in [3.63, 3.8) is 0 Å². The minimum Gasteiger partial charge on any atom is -0.493 e. The molecular formula is C18H27FN2O3. The first-order valence-corrected chi connectivity index (χ1v) is 8.47. The van der Waals surface area contributed by atoms with Crippen molar-refractivity contribution in [2.45, 2.75) is 32.2 Å². The smallest absolute Gasteiger partial charge is 0.255 e. The second-order valence-electron chi connectivity index (χ2n) is 5.95. The van der Waals surface area contributed by atoms with Crippen molar-refractivity contribution in [3.8, 4) is 11.5 Å². The lowest BCUT2D eigenvalue weighted by molar-refractivity contribution is 0.0937. The number of amides is 1. The third-order valence-electron chi connectivity index (χ3n) is 4.57. The summed E-state index contributed by atoms with van der Waals surface area (Å²) >= 11 is 0. The average molecular weight is 338 g/mol. The molecule has 1 heterocycles. The summed E-state index contributed by atoms with van der Waals surface area (Å²) < 4.78 is 23.3.